The number of benzene rings is 2. The molecule has 0 radical (unpaired) electrons. The van der Waals surface area contributed by atoms with E-state index < -0.39 is 30.4 Å². The molecule has 2 aromatic rings. The van der Waals surface area contributed by atoms with Crippen molar-refractivity contribution in [1.82, 2.24) is 5.32 Å². The second kappa shape index (κ2) is 9.84. The molecule has 32 heavy (non-hydrogen) atoms. The minimum atomic E-state index is -1.16. The molecule has 4 amide bonds. The van der Waals surface area contributed by atoms with Crippen molar-refractivity contribution in [3.8, 4) is 11.5 Å². The lowest BCUT2D eigenvalue weighted by atomic mass is 10.1. The highest BCUT2D eigenvalue weighted by molar-refractivity contribution is 9.10. The molecule has 0 atom stereocenters. The van der Waals surface area contributed by atoms with Crippen LogP contribution in [0.2, 0.25) is 5.02 Å². The number of carbonyl (C=O) groups is 4. The molecular formula is C21H16BrClN2O7. The first-order valence-electron chi connectivity index (χ1n) is 9.19. The van der Waals surface area contributed by atoms with Crippen LogP contribution in [0.25, 0.3) is 6.08 Å². The Bertz CT molecular complexity index is 1130. The first kappa shape index (κ1) is 23.3. The van der Waals surface area contributed by atoms with E-state index in [2.05, 4.69) is 21.2 Å². The lowest BCUT2D eigenvalue weighted by molar-refractivity contribution is -0.139. The molecule has 0 bridgehead atoms. The van der Waals surface area contributed by atoms with Crippen molar-refractivity contribution in [2.45, 2.75) is 6.92 Å². The van der Waals surface area contributed by atoms with Crippen LogP contribution in [-0.2, 0) is 14.4 Å². The van der Waals surface area contributed by atoms with Crippen molar-refractivity contribution >= 4 is 63.1 Å². The van der Waals surface area contributed by atoms with Gasteiger partial charge in [-0.15, -0.1) is 0 Å². The predicted molar refractivity (Wildman–Crippen MR) is 119 cm³/mol. The maximum absolute atomic E-state index is 13.0. The Labute approximate surface area is 195 Å². The van der Waals surface area contributed by atoms with Crippen LogP contribution in [0.4, 0.5) is 10.5 Å². The van der Waals surface area contributed by atoms with Gasteiger partial charge < -0.3 is 14.6 Å². The highest BCUT2D eigenvalue weighted by atomic mass is 79.9. The van der Waals surface area contributed by atoms with E-state index in [0.717, 1.165) is 4.90 Å². The molecule has 166 valence electrons. The van der Waals surface area contributed by atoms with Gasteiger partial charge in [0.1, 0.15) is 5.57 Å². The number of urea groups is 1. The molecule has 0 aromatic heterocycles. The second-order valence-corrected chi connectivity index (χ2v) is 7.67. The summed E-state index contributed by atoms with van der Waals surface area (Å²) in [7, 11) is 0. The number of barbiturate groups is 1. The third-order valence-corrected chi connectivity index (χ3v) is 5.01. The van der Waals surface area contributed by atoms with Gasteiger partial charge in [0.05, 0.1) is 16.8 Å². The lowest BCUT2D eigenvalue weighted by Gasteiger charge is -2.26. The molecule has 1 aliphatic rings. The van der Waals surface area contributed by atoms with Gasteiger partial charge in [-0.2, -0.15) is 0 Å². The molecule has 1 aliphatic heterocycles. The van der Waals surface area contributed by atoms with Crippen LogP contribution in [0.5, 0.6) is 11.5 Å². The van der Waals surface area contributed by atoms with Crippen molar-refractivity contribution in [2.24, 2.45) is 0 Å². The quantitative estimate of drug-likeness (QED) is 0.420. The summed E-state index contributed by atoms with van der Waals surface area (Å²) in [5.74, 6) is -2.47. The summed E-state index contributed by atoms with van der Waals surface area (Å²) in [6.45, 7) is 1.40. The lowest BCUT2D eigenvalue weighted by Crippen LogP contribution is -2.54. The summed E-state index contributed by atoms with van der Waals surface area (Å²) in [6.07, 6.45) is 1.29. The Morgan fingerprint density at radius 2 is 1.88 bits per heavy atom. The number of rotatable bonds is 7. The summed E-state index contributed by atoms with van der Waals surface area (Å²) >= 11 is 9.15. The fourth-order valence-electron chi connectivity index (χ4n) is 2.86. The van der Waals surface area contributed by atoms with Crippen LogP contribution >= 0.6 is 27.5 Å². The summed E-state index contributed by atoms with van der Waals surface area (Å²) in [4.78, 5) is 49.3. The maximum atomic E-state index is 13.0. The molecule has 11 heteroatoms. The van der Waals surface area contributed by atoms with Crippen LogP contribution in [0, 0.1) is 0 Å². The summed E-state index contributed by atoms with van der Waals surface area (Å²) in [5.41, 5.74) is 0.337. The van der Waals surface area contributed by atoms with Crippen LogP contribution in [0.1, 0.15) is 12.5 Å². The van der Waals surface area contributed by atoms with Crippen LogP contribution in [0.3, 0.4) is 0 Å². The number of hydrogen-bond donors (Lipinski definition) is 2. The Balaban J connectivity index is 2.00. The van der Waals surface area contributed by atoms with Crippen molar-refractivity contribution in [1.29, 1.82) is 0 Å². The Hall–Kier alpha value is -3.37. The molecule has 1 fully saturated rings. The van der Waals surface area contributed by atoms with Crippen molar-refractivity contribution in [3.05, 3.63) is 57.0 Å². The second-order valence-electron chi connectivity index (χ2n) is 6.38. The minimum Gasteiger partial charge on any atom is -0.490 e. The van der Waals surface area contributed by atoms with Crippen molar-refractivity contribution < 1.29 is 33.8 Å². The number of carbonyl (C=O) groups excluding carboxylic acids is 3. The van der Waals surface area contributed by atoms with E-state index in [1.54, 1.807) is 6.92 Å². The summed E-state index contributed by atoms with van der Waals surface area (Å²) < 4.78 is 11.1. The number of nitrogens with zero attached hydrogens (tertiary/aromatic N) is 1. The number of hydrogen-bond acceptors (Lipinski definition) is 6. The highest BCUT2D eigenvalue weighted by Crippen LogP contribution is 2.38. The molecule has 0 saturated carbocycles. The van der Waals surface area contributed by atoms with E-state index >= 15 is 0 Å². The number of carboxylic acids is 1. The van der Waals surface area contributed by atoms with Gasteiger partial charge in [-0.3, -0.25) is 14.9 Å². The first-order chi connectivity index (χ1) is 15.2. The van der Waals surface area contributed by atoms with E-state index in [9.17, 15) is 19.2 Å². The topological polar surface area (TPSA) is 122 Å². The fourth-order valence-corrected chi connectivity index (χ4v) is 3.56. The molecule has 0 unspecified atom stereocenters. The zero-order chi connectivity index (χ0) is 23.4. The van der Waals surface area contributed by atoms with E-state index in [4.69, 9.17) is 26.2 Å². The van der Waals surface area contributed by atoms with Crippen molar-refractivity contribution in [2.75, 3.05) is 18.1 Å². The Kier molecular flexibility index (Phi) is 7.16. The number of carboxylic acid groups (broad SMARTS) is 1. The van der Waals surface area contributed by atoms with E-state index in [1.165, 1.54) is 42.5 Å². The molecule has 1 heterocycles. The predicted octanol–water partition coefficient (Wildman–Crippen LogP) is 3.63. The normalized spacial score (nSPS) is 15.0. The number of aliphatic carboxylic acids is 1. The molecule has 1 saturated heterocycles. The highest BCUT2D eigenvalue weighted by Gasteiger charge is 2.36. The summed E-state index contributed by atoms with van der Waals surface area (Å²) in [5, 5.41) is 11.4. The van der Waals surface area contributed by atoms with E-state index in [-0.39, 0.29) is 29.4 Å². The largest absolute Gasteiger partial charge is 0.490 e. The zero-order valence-corrected chi connectivity index (χ0v) is 18.9. The number of anilines is 1. The van der Waals surface area contributed by atoms with Gasteiger partial charge in [-0.1, -0.05) is 11.6 Å². The van der Waals surface area contributed by atoms with Gasteiger partial charge in [0.2, 0.25) is 0 Å². The fraction of sp³-hybridized carbons (Fsp3) is 0.143. The number of ether oxygens (including phenoxy) is 2. The molecule has 2 aromatic carbocycles. The Morgan fingerprint density at radius 1 is 1.19 bits per heavy atom. The third kappa shape index (κ3) is 5.09. The minimum absolute atomic E-state index is 0.161. The van der Waals surface area contributed by atoms with Crippen LogP contribution in [0.15, 0.2) is 46.4 Å². The number of halogens is 2. The van der Waals surface area contributed by atoms with Crippen LogP contribution < -0.4 is 19.7 Å². The van der Waals surface area contributed by atoms with E-state index in [1.807, 2.05) is 0 Å². The standard InChI is InChI=1S/C21H16BrClN2O7/c1-2-31-16-9-11(8-15(22)18(16)32-10-17(26)27)7-14-19(28)24-21(30)25(20(14)29)13-5-3-12(23)4-6-13/h3-9H,2,10H2,1H3,(H,26,27)(H,24,28,30)/b14-7+. The van der Waals surface area contributed by atoms with Gasteiger partial charge in [-0.05, 0) is 70.9 Å². The van der Waals surface area contributed by atoms with Gasteiger partial charge in [0, 0.05) is 5.02 Å². The third-order valence-electron chi connectivity index (χ3n) is 4.17. The zero-order valence-electron chi connectivity index (χ0n) is 16.6. The van der Waals surface area contributed by atoms with Crippen molar-refractivity contribution in [3.63, 3.8) is 0 Å². The average Bonchev–Trinajstić information content (AvgIpc) is 2.72. The SMILES string of the molecule is CCOc1cc(/C=C2\C(=O)NC(=O)N(c3ccc(Cl)cc3)C2=O)cc(Br)c1OCC(=O)O. The van der Waals surface area contributed by atoms with Gasteiger partial charge >= 0.3 is 12.0 Å². The smallest absolute Gasteiger partial charge is 0.341 e. The van der Waals surface area contributed by atoms with Gasteiger partial charge in [-0.25, -0.2) is 14.5 Å². The molecule has 2 N–H and O–H groups in total. The molecule has 0 aliphatic carbocycles. The molecule has 9 nitrogen and oxygen atoms in total. The van der Waals surface area contributed by atoms with Gasteiger partial charge in [0.15, 0.2) is 18.1 Å². The average molecular weight is 524 g/mol. The van der Waals surface area contributed by atoms with E-state index in [0.29, 0.717) is 15.1 Å². The molecule has 3 rings (SSSR count). The number of amides is 4. The first-order valence-corrected chi connectivity index (χ1v) is 10.4. The molecular weight excluding hydrogens is 508 g/mol. The summed E-state index contributed by atoms with van der Waals surface area (Å²) in [6, 6.07) is 8.11. The van der Waals surface area contributed by atoms with Crippen LogP contribution in [-0.4, -0.2) is 42.1 Å². The Morgan fingerprint density at radius 3 is 2.50 bits per heavy atom. The van der Waals surface area contributed by atoms with Gasteiger partial charge in [0.25, 0.3) is 11.8 Å². The molecule has 0 spiro atoms. The maximum Gasteiger partial charge on any atom is 0.341 e. The number of imide groups is 2. The monoisotopic (exact) mass is 522 g/mol. The number of nitrogens with one attached hydrogen (secondary N) is 1.